The summed E-state index contributed by atoms with van der Waals surface area (Å²) < 4.78 is 3.44. The van der Waals surface area contributed by atoms with Crippen LogP contribution in [0.15, 0.2) is 48.8 Å². The standard InChI is InChI=1S/C18H21N5O/c1-3-15-11-17(22(2)21-15)18(24)20-16-12-19-23(13-16)10-9-14-7-5-4-6-8-14/h4-8,11-13H,3,9-10H2,1-2H3,(H,20,24). The Morgan fingerprint density at radius 1 is 1.25 bits per heavy atom. The van der Waals surface area contributed by atoms with Crippen molar-refractivity contribution in [1.82, 2.24) is 19.6 Å². The zero-order valence-electron chi connectivity index (χ0n) is 13.9. The summed E-state index contributed by atoms with van der Waals surface area (Å²) in [5.41, 5.74) is 3.40. The van der Waals surface area contributed by atoms with Gasteiger partial charge in [0.2, 0.25) is 0 Å². The monoisotopic (exact) mass is 323 g/mol. The van der Waals surface area contributed by atoms with Gasteiger partial charge < -0.3 is 5.32 Å². The molecule has 0 fully saturated rings. The van der Waals surface area contributed by atoms with Crippen LogP contribution in [-0.2, 0) is 26.4 Å². The Balaban J connectivity index is 1.61. The van der Waals surface area contributed by atoms with Crippen LogP contribution in [0, 0.1) is 0 Å². The lowest BCUT2D eigenvalue weighted by molar-refractivity contribution is 0.101. The first-order chi connectivity index (χ1) is 11.7. The predicted octanol–water partition coefficient (Wildman–Crippen LogP) is 2.67. The average molecular weight is 323 g/mol. The fraction of sp³-hybridized carbons (Fsp3) is 0.278. The summed E-state index contributed by atoms with van der Waals surface area (Å²) in [6, 6.07) is 12.1. The summed E-state index contributed by atoms with van der Waals surface area (Å²) in [4.78, 5) is 12.3. The van der Waals surface area contributed by atoms with Gasteiger partial charge in [-0.15, -0.1) is 0 Å². The van der Waals surface area contributed by atoms with Gasteiger partial charge in [0.25, 0.3) is 5.91 Å². The second-order valence-electron chi connectivity index (χ2n) is 5.68. The van der Waals surface area contributed by atoms with Crippen molar-refractivity contribution in [3.63, 3.8) is 0 Å². The number of aryl methyl sites for hydroxylation is 4. The first-order valence-electron chi connectivity index (χ1n) is 8.06. The van der Waals surface area contributed by atoms with E-state index in [1.54, 1.807) is 17.9 Å². The lowest BCUT2D eigenvalue weighted by Crippen LogP contribution is -2.15. The fourth-order valence-corrected chi connectivity index (χ4v) is 2.55. The van der Waals surface area contributed by atoms with Crippen molar-refractivity contribution >= 4 is 11.6 Å². The molecule has 6 heteroatoms. The molecule has 0 saturated heterocycles. The predicted molar refractivity (Wildman–Crippen MR) is 92.9 cm³/mol. The molecule has 0 aliphatic heterocycles. The van der Waals surface area contributed by atoms with Crippen LogP contribution >= 0.6 is 0 Å². The fourth-order valence-electron chi connectivity index (χ4n) is 2.55. The summed E-state index contributed by atoms with van der Waals surface area (Å²) in [7, 11) is 1.78. The van der Waals surface area contributed by atoms with Crippen molar-refractivity contribution in [2.24, 2.45) is 7.05 Å². The van der Waals surface area contributed by atoms with Gasteiger partial charge >= 0.3 is 0 Å². The van der Waals surface area contributed by atoms with E-state index in [0.29, 0.717) is 11.4 Å². The minimum Gasteiger partial charge on any atom is -0.318 e. The molecule has 0 atom stereocenters. The third-order valence-electron chi connectivity index (χ3n) is 3.89. The highest BCUT2D eigenvalue weighted by Gasteiger charge is 2.13. The van der Waals surface area contributed by atoms with Gasteiger partial charge in [-0.25, -0.2) is 0 Å². The first kappa shape index (κ1) is 16.0. The molecule has 1 amide bonds. The van der Waals surface area contributed by atoms with Gasteiger partial charge in [0.05, 0.1) is 17.6 Å². The van der Waals surface area contributed by atoms with Crippen LogP contribution in [0.5, 0.6) is 0 Å². The lowest BCUT2D eigenvalue weighted by atomic mass is 10.1. The number of rotatable bonds is 6. The third kappa shape index (κ3) is 3.71. The van der Waals surface area contributed by atoms with Crippen LogP contribution in [0.4, 0.5) is 5.69 Å². The van der Waals surface area contributed by atoms with Crippen molar-refractivity contribution in [3.05, 3.63) is 65.7 Å². The van der Waals surface area contributed by atoms with Gasteiger partial charge in [-0.05, 0) is 24.5 Å². The van der Waals surface area contributed by atoms with E-state index in [1.165, 1.54) is 5.56 Å². The lowest BCUT2D eigenvalue weighted by Gasteiger charge is -2.03. The second-order valence-corrected chi connectivity index (χ2v) is 5.68. The number of carbonyl (C=O) groups excluding carboxylic acids is 1. The molecule has 2 aromatic heterocycles. The van der Waals surface area contributed by atoms with E-state index in [0.717, 1.165) is 25.1 Å². The van der Waals surface area contributed by atoms with E-state index in [2.05, 4.69) is 27.6 Å². The van der Waals surface area contributed by atoms with Crippen molar-refractivity contribution in [1.29, 1.82) is 0 Å². The van der Waals surface area contributed by atoms with Gasteiger partial charge in [0.15, 0.2) is 0 Å². The Morgan fingerprint density at radius 3 is 2.75 bits per heavy atom. The number of nitrogens with zero attached hydrogens (tertiary/aromatic N) is 4. The molecule has 1 aromatic carbocycles. The van der Waals surface area contributed by atoms with Crippen LogP contribution in [0.2, 0.25) is 0 Å². The Labute approximate surface area is 141 Å². The van der Waals surface area contributed by atoms with Crippen LogP contribution in [0.1, 0.15) is 28.7 Å². The number of nitrogens with one attached hydrogen (secondary N) is 1. The molecule has 0 bridgehead atoms. The summed E-state index contributed by atoms with van der Waals surface area (Å²) in [5.74, 6) is -0.174. The highest BCUT2D eigenvalue weighted by molar-refractivity contribution is 6.03. The highest BCUT2D eigenvalue weighted by atomic mass is 16.2. The first-order valence-corrected chi connectivity index (χ1v) is 8.06. The number of aromatic nitrogens is 4. The van der Waals surface area contributed by atoms with E-state index in [-0.39, 0.29) is 5.91 Å². The molecule has 3 aromatic rings. The Bertz CT molecular complexity index is 819. The van der Waals surface area contributed by atoms with Gasteiger partial charge in [-0.1, -0.05) is 37.3 Å². The van der Waals surface area contributed by atoms with Gasteiger partial charge in [-0.3, -0.25) is 14.2 Å². The maximum atomic E-state index is 12.3. The van der Waals surface area contributed by atoms with E-state index in [1.807, 2.05) is 42.1 Å². The second kappa shape index (κ2) is 7.12. The van der Waals surface area contributed by atoms with Crippen LogP contribution < -0.4 is 5.32 Å². The molecule has 0 radical (unpaired) electrons. The number of hydrogen-bond acceptors (Lipinski definition) is 3. The third-order valence-corrected chi connectivity index (χ3v) is 3.89. The molecule has 0 spiro atoms. The van der Waals surface area contributed by atoms with Crippen LogP contribution in [0.25, 0.3) is 0 Å². The molecule has 0 unspecified atom stereocenters. The van der Waals surface area contributed by atoms with Crippen LogP contribution in [0.3, 0.4) is 0 Å². The molecular weight excluding hydrogens is 302 g/mol. The number of hydrogen-bond donors (Lipinski definition) is 1. The summed E-state index contributed by atoms with van der Waals surface area (Å²) in [6.07, 6.45) is 5.22. The van der Waals surface area contributed by atoms with Crippen LogP contribution in [-0.4, -0.2) is 25.5 Å². The van der Waals surface area contributed by atoms with Gasteiger partial charge in [0.1, 0.15) is 5.69 Å². The Kier molecular flexibility index (Phi) is 4.74. The number of carbonyl (C=O) groups is 1. The average Bonchev–Trinajstić information content (AvgIpc) is 3.20. The normalized spacial score (nSPS) is 10.8. The molecule has 1 N–H and O–H groups in total. The zero-order valence-corrected chi connectivity index (χ0v) is 13.9. The highest BCUT2D eigenvalue weighted by Crippen LogP contribution is 2.10. The maximum Gasteiger partial charge on any atom is 0.274 e. The number of amides is 1. The zero-order chi connectivity index (χ0) is 16.9. The molecular formula is C18H21N5O. The minimum atomic E-state index is -0.174. The molecule has 124 valence electrons. The van der Waals surface area contributed by atoms with E-state index in [4.69, 9.17) is 0 Å². The van der Waals surface area contributed by atoms with Crippen molar-refractivity contribution in [2.75, 3.05) is 5.32 Å². The Hall–Kier alpha value is -2.89. The smallest absolute Gasteiger partial charge is 0.274 e. The SMILES string of the molecule is CCc1cc(C(=O)Nc2cnn(CCc3ccccc3)c2)n(C)n1. The van der Waals surface area contributed by atoms with Gasteiger partial charge in [-0.2, -0.15) is 10.2 Å². The molecule has 24 heavy (non-hydrogen) atoms. The molecule has 0 aliphatic carbocycles. The van der Waals surface area contributed by atoms with Crippen molar-refractivity contribution in [3.8, 4) is 0 Å². The molecule has 2 heterocycles. The number of anilines is 1. The summed E-state index contributed by atoms with van der Waals surface area (Å²) >= 11 is 0. The molecule has 0 aliphatic rings. The summed E-state index contributed by atoms with van der Waals surface area (Å²) in [5, 5.41) is 11.5. The summed E-state index contributed by atoms with van der Waals surface area (Å²) in [6.45, 7) is 2.78. The van der Waals surface area contributed by atoms with E-state index < -0.39 is 0 Å². The molecule has 0 saturated carbocycles. The van der Waals surface area contributed by atoms with Crippen molar-refractivity contribution < 1.29 is 4.79 Å². The molecule has 3 rings (SSSR count). The quantitative estimate of drug-likeness (QED) is 0.758. The van der Waals surface area contributed by atoms with Crippen molar-refractivity contribution in [2.45, 2.75) is 26.3 Å². The molecule has 6 nitrogen and oxygen atoms in total. The van der Waals surface area contributed by atoms with E-state index >= 15 is 0 Å². The van der Waals surface area contributed by atoms with Gasteiger partial charge in [0, 0.05) is 19.8 Å². The Morgan fingerprint density at radius 2 is 2.04 bits per heavy atom. The largest absolute Gasteiger partial charge is 0.318 e. The number of benzene rings is 1. The maximum absolute atomic E-state index is 12.3. The minimum absolute atomic E-state index is 0.174. The topological polar surface area (TPSA) is 64.7 Å². The van der Waals surface area contributed by atoms with E-state index in [9.17, 15) is 4.79 Å².